The van der Waals surface area contributed by atoms with Crippen LogP contribution in [0.3, 0.4) is 0 Å². The Balaban J connectivity index is 4.28. The van der Waals surface area contributed by atoms with Crippen molar-refractivity contribution in [1.82, 2.24) is 5.32 Å². The van der Waals surface area contributed by atoms with Crippen LogP contribution in [0.5, 0.6) is 0 Å². The summed E-state index contributed by atoms with van der Waals surface area (Å²) in [5, 5.41) is 1.64. The van der Waals surface area contributed by atoms with Gasteiger partial charge in [-0.25, -0.2) is 8.42 Å². The summed E-state index contributed by atoms with van der Waals surface area (Å²) in [6.45, 7) is 5.88. The first-order chi connectivity index (χ1) is 8.69. The van der Waals surface area contributed by atoms with Crippen molar-refractivity contribution >= 4 is 21.7 Å². The van der Waals surface area contributed by atoms with Crippen molar-refractivity contribution in [3.63, 3.8) is 0 Å². The minimum absolute atomic E-state index is 0.238. The zero-order valence-corrected chi connectivity index (χ0v) is 12.7. The highest BCUT2D eigenvalue weighted by molar-refractivity contribution is 7.92. The molecule has 0 bridgehead atoms. The molecule has 0 radical (unpaired) electrons. The molecular formula is C12H23NO5S. The Labute approximate surface area is 114 Å². The number of nitrogens with one attached hydrogen (secondary N) is 1. The summed E-state index contributed by atoms with van der Waals surface area (Å²) in [5.74, 6) is -1.28. The van der Waals surface area contributed by atoms with E-state index in [2.05, 4.69) is 10.1 Å². The number of carbonyl (C=O) groups excluding carboxylic acids is 2. The summed E-state index contributed by atoms with van der Waals surface area (Å²) in [5.41, 5.74) is 0. The van der Waals surface area contributed by atoms with Gasteiger partial charge in [0.05, 0.1) is 18.8 Å². The minimum Gasteiger partial charge on any atom is -0.469 e. The number of hydrogen-bond acceptors (Lipinski definition) is 5. The predicted molar refractivity (Wildman–Crippen MR) is 72.3 cm³/mol. The van der Waals surface area contributed by atoms with Gasteiger partial charge in [-0.05, 0) is 19.3 Å². The van der Waals surface area contributed by atoms with Crippen LogP contribution in [0.1, 0.15) is 33.6 Å². The van der Waals surface area contributed by atoms with Gasteiger partial charge < -0.3 is 10.1 Å². The van der Waals surface area contributed by atoms with Gasteiger partial charge in [-0.3, -0.25) is 9.59 Å². The molecule has 0 heterocycles. The van der Waals surface area contributed by atoms with Crippen molar-refractivity contribution in [2.75, 3.05) is 19.4 Å². The highest BCUT2D eigenvalue weighted by Gasteiger charge is 2.26. The largest absolute Gasteiger partial charge is 0.469 e. The predicted octanol–water partition coefficient (Wildman–Crippen LogP) is 0.515. The van der Waals surface area contributed by atoms with E-state index in [0.717, 1.165) is 6.42 Å². The van der Waals surface area contributed by atoms with Gasteiger partial charge in [0.15, 0.2) is 9.84 Å². The number of ether oxygens (including phenoxy) is 1. The summed E-state index contributed by atoms with van der Waals surface area (Å²) in [6, 6.07) is 0. The van der Waals surface area contributed by atoms with Crippen molar-refractivity contribution in [2.45, 2.75) is 38.9 Å². The maximum atomic E-state index is 11.8. The first-order valence-corrected chi connectivity index (χ1v) is 7.95. The zero-order valence-electron chi connectivity index (χ0n) is 11.9. The molecule has 0 aliphatic heterocycles. The normalized spacial score (nSPS) is 13.1. The lowest BCUT2D eigenvalue weighted by Crippen LogP contribution is -2.35. The van der Waals surface area contributed by atoms with E-state index in [4.69, 9.17) is 0 Å². The molecule has 0 fully saturated rings. The number of methoxy groups -OCH3 is 1. The zero-order chi connectivity index (χ0) is 15.1. The van der Waals surface area contributed by atoms with Crippen molar-refractivity contribution in [3.8, 4) is 0 Å². The van der Waals surface area contributed by atoms with E-state index in [1.54, 1.807) is 0 Å². The molecule has 0 aliphatic carbocycles. The monoisotopic (exact) mass is 293 g/mol. The van der Waals surface area contributed by atoms with Gasteiger partial charge in [0.25, 0.3) is 0 Å². The summed E-state index contributed by atoms with van der Waals surface area (Å²) in [4.78, 5) is 22.5. The third kappa shape index (κ3) is 7.81. The Hall–Kier alpha value is -1.11. The number of esters is 1. The number of sulfone groups is 1. The van der Waals surface area contributed by atoms with E-state index in [0.29, 0.717) is 12.5 Å². The number of rotatable bonds is 8. The summed E-state index contributed by atoms with van der Waals surface area (Å²) in [7, 11) is -2.43. The number of carbonyl (C=O) groups is 2. The maximum Gasteiger partial charge on any atom is 0.306 e. The molecule has 0 saturated carbocycles. The van der Waals surface area contributed by atoms with Crippen LogP contribution < -0.4 is 5.32 Å². The Morgan fingerprint density at radius 3 is 2.26 bits per heavy atom. The molecule has 1 amide bonds. The van der Waals surface area contributed by atoms with Crippen LogP contribution >= 0.6 is 0 Å². The fourth-order valence-electron chi connectivity index (χ4n) is 1.32. The molecule has 0 aliphatic rings. The van der Waals surface area contributed by atoms with Crippen molar-refractivity contribution in [2.24, 2.45) is 5.92 Å². The maximum absolute atomic E-state index is 11.8. The molecule has 7 heteroatoms. The molecule has 0 aromatic rings. The van der Waals surface area contributed by atoms with E-state index < -0.39 is 32.7 Å². The average molecular weight is 293 g/mol. The first kappa shape index (κ1) is 17.9. The number of amides is 1. The van der Waals surface area contributed by atoms with Gasteiger partial charge in [-0.2, -0.15) is 0 Å². The average Bonchev–Trinajstić information content (AvgIpc) is 2.27. The molecule has 0 rings (SSSR count). The lowest BCUT2D eigenvalue weighted by Gasteiger charge is -2.12. The number of hydrogen-bond donors (Lipinski definition) is 1. The van der Waals surface area contributed by atoms with Crippen LogP contribution in [0.2, 0.25) is 0 Å². The molecule has 1 atom stereocenters. The molecule has 6 nitrogen and oxygen atoms in total. The molecule has 0 aromatic heterocycles. The fraction of sp³-hybridized carbons (Fsp3) is 0.833. The van der Waals surface area contributed by atoms with Gasteiger partial charge >= 0.3 is 5.97 Å². The van der Waals surface area contributed by atoms with Gasteiger partial charge in [0, 0.05) is 6.54 Å². The van der Waals surface area contributed by atoms with E-state index in [-0.39, 0.29) is 6.42 Å². The molecule has 0 saturated heterocycles. The van der Waals surface area contributed by atoms with Crippen LogP contribution in [0.25, 0.3) is 0 Å². The van der Waals surface area contributed by atoms with E-state index in [1.165, 1.54) is 14.0 Å². The lowest BCUT2D eigenvalue weighted by atomic mass is 10.1. The second-order valence-corrected chi connectivity index (χ2v) is 7.35. The van der Waals surface area contributed by atoms with Crippen LogP contribution in [0.4, 0.5) is 0 Å². The van der Waals surface area contributed by atoms with Gasteiger partial charge in [0.2, 0.25) is 5.91 Å². The Kier molecular flexibility index (Phi) is 7.66. The molecule has 112 valence electrons. The van der Waals surface area contributed by atoms with Crippen LogP contribution in [-0.4, -0.2) is 45.0 Å². The van der Waals surface area contributed by atoms with Gasteiger partial charge in [-0.15, -0.1) is 0 Å². The van der Waals surface area contributed by atoms with Crippen molar-refractivity contribution in [3.05, 3.63) is 0 Å². The third-order valence-electron chi connectivity index (χ3n) is 2.67. The SMILES string of the molecule is COC(=O)CC(C)S(=O)(=O)CC(=O)NCCC(C)C. The quantitative estimate of drug-likeness (QED) is 0.659. The molecular weight excluding hydrogens is 270 g/mol. The summed E-state index contributed by atoms with van der Waals surface area (Å²) >= 11 is 0. The second-order valence-electron chi connectivity index (χ2n) is 4.93. The topological polar surface area (TPSA) is 89.5 Å². The molecule has 1 N–H and O–H groups in total. The first-order valence-electron chi connectivity index (χ1n) is 6.24. The molecule has 0 spiro atoms. The summed E-state index contributed by atoms with van der Waals surface area (Å²) in [6.07, 6.45) is 0.557. The highest BCUT2D eigenvalue weighted by atomic mass is 32.2. The van der Waals surface area contributed by atoms with Crippen molar-refractivity contribution < 1.29 is 22.7 Å². The lowest BCUT2D eigenvalue weighted by molar-refractivity contribution is -0.140. The smallest absolute Gasteiger partial charge is 0.306 e. The third-order valence-corrected chi connectivity index (χ3v) is 4.73. The van der Waals surface area contributed by atoms with Crippen LogP contribution in [0.15, 0.2) is 0 Å². The van der Waals surface area contributed by atoms with E-state index >= 15 is 0 Å². The molecule has 1 unspecified atom stereocenters. The Morgan fingerprint density at radius 1 is 1.21 bits per heavy atom. The van der Waals surface area contributed by atoms with Crippen LogP contribution in [-0.2, 0) is 24.2 Å². The van der Waals surface area contributed by atoms with Crippen LogP contribution in [0, 0.1) is 5.92 Å². The Morgan fingerprint density at radius 2 is 1.79 bits per heavy atom. The van der Waals surface area contributed by atoms with Gasteiger partial charge in [0.1, 0.15) is 5.75 Å². The van der Waals surface area contributed by atoms with E-state index in [1.807, 2.05) is 13.8 Å². The minimum atomic E-state index is -3.63. The standard InChI is InChI=1S/C12H23NO5S/c1-9(2)5-6-13-11(14)8-19(16,17)10(3)7-12(15)18-4/h9-10H,5-8H2,1-4H3,(H,13,14). The highest BCUT2D eigenvalue weighted by Crippen LogP contribution is 2.07. The Bertz CT molecular complexity index is 402. The van der Waals surface area contributed by atoms with E-state index in [9.17, 15) is 18.0 Å². The summed E-state index contributed by atoms with van der Waals surface area (Å²) < 4.78 is 28.0. The second kappa shape index (κ2) is 8.14. The fourth-order valence-corrected chi connectivity index (χ4v) is 2.46. The molecule has 0 aromatic carbocycles. The van der Waals surface area contributed by atoms with Gasteiger partial charge in [-0.1, -0.05) is 13.8 Å². The van der Waals surface area contributed by atoms with Crippen molar-refractivity contribution in [1.29, 1.82) is 0 Å². The molecule has 19 heavy (non-hydrogen) atoms.